The van der Waals surface area contributed by atoms with Gasteiger partial charge in [0.05, 0.1) is 5.75 Å². The number of carbonyl (C=O) groups is 1. The van der Waals surface area contributed by atoms with Crippen LogP contribution in [0.15, 0.2) is 24.3 Å². The van der Waals surface area contributed by atoms with E-state index in [1.165, 1.54) is 0 Å². The van der Waals surface area contributed by atoms with E-state index in [4.69, 9.17) is 4.74 Å². The first-order valence-electron chi connectivity index (χ1n) is 9.31. The van der Waals surface area contributed by atoms with Crippen LogP contribution in [0.1, 0.15) is 31.7 Å². The first-order chi connectivity index (χ1) is 13.3. The topological polar surface area (TPSA) is 87.7 Å². The van der Waals surface area contributed by atoms with Crippen LogP contribution in [0.3, 0.4) is 0 Å². The minimum Gasteiger partial charge on any atom is -0.488 e. The zero-order valence-corrected chi connectivity index (χ0v) is 16.7. The van der Waals surface area contributed by atoms with Crippen LogP contribution < -0.4 is 14.8 Å². The third-order valence-corrected chi connectivity index (χ3v) is 5.96. The maximum Gasteiger partial charge on any atom is 0.317 e. The maximum absolute atomic E-state index is 12.3. The summed E-state index contributed by atoms with van der Waals surface area (Å²) >= 11 is 0. The molecule has 1 fully saturated rings. The zero-order valence-electron chi connectivity index (χ0n) is 15.9. The maximum atomic E-state index is 12.3. The lowest BCUT2D eigenvalue weighted by atomic mass is 10.1. The molecule has 0 atom stereocenters. The second-order valence-electron chi connectivity index (χ2n) is 6.71. The van der Waals surface area contributed by atoms with Crippen LogP contribution in [0.2, 0.25) is 0 Å². The molecule has 2 amide bonds. The van der Waals surface area contributed by atoms with E-state index in [0.29, 0.717) is 38.1 Å². The van der Waals surface area contributed by atoms with Gasteiger partial charge in [-0.2, -0.15) is 0 Å². The Morgan fingerprint density at radius 3 is 2.68 bits per heavy atom. The van der Waals surface area contributed by atoms with Crippen LogP contribution in [-0.2, 0) is 16.6 Å². The van der Waals surface area contributed by atoms with Gasteiger partial charge in [-0.25, -0.2) is 26.7 Å². The average Bonchev–Trinajstić information content (AvgIpc) is 2.65. The van der Waals surface area contributed by atoms with Crippen LogP contribution in [-0.4, -0.2) is 57.3 Å². The molecule has 0 aromatic heterocycles. The van der Waals surface area contributed by atoms with E-state index in [-0.39, 0.29) is 24.4 Å². The number of ether oxygens (including phenoxy) is 1. The standard InChI is InChI=1S/C18H27F2N3O4S/c1-2-10-28(25,26)22-15-6-8-23(9-7-15)18(24)21-12-14-4-3-5-16(11-14)27-13-17(19)20/h3-5,11,15,17,22H,2,6-10,12-13H2,1H3,(H,21,24). The first-order valence-corrected chi connectivity index (χ1v) is 11.0. The second kappa shape index (κ2) is 10.6. The highest BCUT2D eigenvalue weighted by molar-refractivity contribution is 7.89. The number of nitrogens with one attached hydrogen (secondary N) is 2. The van der Waals surface area contributed by atoms with Crippen molar-refractivity contribution in [3.63, 3.8) is 0 Å². The van der Waals surface area contributed by atoms with Crippen molar-refractivity contribution in [2.75, 3.05) is 25.4 Å². The van der Waals surface area contributed by atoms with E-state index < -0.39 is 23.1 Å². The van der Waals surface area contributed by atoms with Crippen molar-refractivity contribution in [3.05, 3.63) is 29.8 Å². The smallest absolute Gasteiger partial charge is 0.317 e. The molecule has 2 rings (SSSR count). The van der Waals surface area contributed by atoms with E-state index in [2.05, 4.69) is 10.0 Å². The van der Waals surface area contributed by atoms with E-state index in [9.17, 15) is 22.0 Å². The molecule has 1 heterocycles. The monoisotopic (exact) mass is 419 g/mol. The van der Waals surface area contributed by atoms with Crippen molar-refractivity contribution in [3.8, 4) is 5.75 Å². The Labute approximate surface area is 164 Å². The van der Waals surface area contributed by atoms with Gasteiger partial charge in [-0.15, -0.1) is 0 Å². The third-order valence-electron chi connectivity index (χ3n) is 4.32. The lowest BCUT2D eigenvalue weighted by Crippen LogP contribution is -2.49. The summed E-state index contributed by atoms with van der Waals surface area (Å²) in [5, 5.41) is 2.79. The van der Waals surface area contributed by atoms with Gasteiger partial charge in [-0.3, -0.25) is 0 Å². The Kier molecular flexibility index (Phi) is 8.43. The highest BCUT2D eigenvalue weighted by Crippen LogP contribution is 2.15. The summed E-state index contributed by atoms with van der Waals surface area (Å²) < 4.78 is 55.7. The first kappa shape index (κ1) is 22.4. The fourth-order valence-corrected chi connectivity index (χ4v) is 4.37. The van der Waals surface area contributed by atoms with Gasteiger partial charge in [0.25, 0.3) is 6.43 Å². The molecule has 0 saturated carbocycles. The van der Waals surface area contributed by atoms with Crippen LogP contribution in [0.25, 0.3) is 0 Å². The summed E-state index contributed by atoms with van der Waals surface area (Å²) in [4.78, 5) is 14.0. The summed E-state index contributed by atoms with van der Waals surface area (Å²) in [5.41, 5.74) is 0.738. The number of nitrogens with zero attached hydrogens (tertiary/aromatic N) is 1. The van der Waals surface area contributed by atoms with Gasteiger partial charge in [-0.05, 0) is 37.0 Å². The van der Waals surface area contributed by atoms with Crippen molar-refractivity contribution in [2.45, 2.75) is 45.2 Å². The Morgan fingerprint density at radius 1 is 1.32 bits per heavy atom. The van der Waals surface area contributed by atoms with Crippen molar-refractivity contribution in [2.24, 2.45) is 0 Å². The lowest BCUT2D eigenvalue weighted by molar-refractivity contribution is 0.0818. The predicted molar refractivity (Wildman–Crippen MR) is 102 cm³/mol. The number of alkyl halides is 2. The van der Waals surface area contributed by atoms with Gasteiger partial charge < -0.3 is 15.0 Å². The van der Waals surface area contributed by atoms with Gasteiger partial charge in [0.15, 0.2) is 0 Å². The molecule has 28 heavy (non-hydrogen) atoms. The molecule has 1 aliphatic rings. The summed E-state index contributed by atoms with van der Waals surface area (Å²) in [6.07, 6.45) is -0.858. The Balaban J connectivity index is 1.76. The number of hydrogen-bond acceptors (Lipinski definition) is 4. The number of piperidine rings is 1. The Morgan fingerprint density at radius 2 is 2.04 bits per heavy atom. The molecule has 2 N–H and O–H groups in total. The van der Waals surface area contributed by atoms with Crippen LogP contribution >= 0.6 is 0 Å². The minimum absolute atomic E-state index is 0.105. The fourth-order valence-electron chi connectivity index (χ4n) is 2.98. The van der Waals surface area contributed by atoms with Gasteiger partial charge >= 0.3 is 6.03 Å². The zero-order chi connectivity index (χ0) is 20.6. The van der Waals surface area contributed by atoms with Crippen LogP contribution in [0, 0.1) is 0 Å². The van der Waals surface area contributed by atoms with Crippen molar-refractivity contribution in [1.29, 1.82) is 0 Å². The van der Waals surface area contributed by atoms with Crippen LogP contribution in [0.4, 0.5) is 13.6 Å². The highest BCUT2D eigenvalue weighted by Gasteiger charge is 2.25. The molecular formula is C18H27F2N3O4S. The minimum atomic E-state index is -3.26. The van der Waals surface area contributed by atoms with E-state index in [1.54, 1.807) is 29.2 Å². The van der Waals surface area contributed by atoms with Gasteiger partial charge in [0, 0.05) is 25.7 Å². The lowest BCUT2D eigenvalue weighted by Gasteiger charge is -2.32. The van der Waals surface area contributed by atoms with Crippen molar-refractivity contribution in [1.82, 2.24) is 14.9 Å². The average molecular weight is 419 g/mol. The number of sulfonamides is 1. The van der Waals surface area contributed by atoms with E-state index in [0.717, 1.165) is 5.56 Å². The largest absolute Gasteiger partial charge is 0.488 e. The van der Waals surface area contributed by atoms with Crippen LogP contribution in [0.5, 0.6) is 5.75 Å². The SMILES string of the molecule is CCCS(=O)(=O)NC1CCN(C(=O)NCc2cccc(OCC(F)F)c2)CC1. The van der Waals surface area contributed by atoms with Crippen molar-refractivity contribution < 1.29 is 26.7 Å². The molecule has 0 unspecified atom stereocenters. The molecule has 0 spiro atoms. The molecule has 1 saturated heterocycles. The number of urea groups is 1. The number of likely N-dealkylation sites (tertiary alicyclic amines) is 1. The number of amides is 2. The fraction of sp³-hybridized carbons (Fsp3) is 0.611. The van der Waals surface area contributed by atoms with Gasteiger partial charge in [-0.1, -0.05) is 19.1 Å². The predicted octanol–water partition coefficient (Wildman–Crippen LogP) is 2.33. The summed E-state index contributed by atoms with van der Waals surface area (Å²) in [7, 11) is -3.26. The third kappa shape index (κ3) is 7.59. The quantitative estimate of drug-likeness (QED) is 0.643. The van der Waals surface area contributed by atoms with Crippen molar-refractivity contribution >= 4 is 16.1 Å². The molecule has 0 bridgehead atoms. The second-order valence-corrected chi connectivity index (χ2v) is 8.58. The molecule has 1 aliphatic heterocycles. The normalized spacial score (nSPS) is 15.6. The highest BCUT2D eigenvalue weighted by atomic mass is 32.2. The molecule has 10 heteroatoms. The van der Waals surface area contributed by atoms with E-state index >= 15 is 0 Å². The Bertz CT molecular complexity index is 738. The van der Waals surface area contributed by atoms with Gasteiger partial charge in [0.1, 0.15) is 12.4 Å². The van der Waals surface area contributed by atoms with E-state index in [1.807, 2.05) is 6.92 Å². The molecule has 1 aromatic carbocycles. The summed E-state index contributed by atoms with van der Waals surface area (Å²) in [6, 6.07) is 6.24. The Hall–Kier alpha value is -1.94. The summed E-state index contributed by atoms with van der Waals surface area (Å²) in [6.45, 7) is 2.30. The number of halogens is 2. The number of benzene rings is 1. The molecule has 7 nitrogen and oxygen atoms in total. The molecule has 0 radical (unpaired) electrons. The molecular weight excluding hydrogens is 392 g/mol. The van der Waals surface area contributed by atoms with Gasteiger partial charge in [0.2, 0.25) is 10.0 Å². The summed E-state index contributed by atoms with van der Waals surface area (Å²) in [5.74, 6) is 0.431. The molecule has 0 aliphatic carbocycles. The molecule has 158 valence electrons. The number of carbonyl (C=O) groups excluding carboxylic acids is 1. The number of rotatable bonds is 9. The molecule has 1 aromatic rings. The number of hydrogen-bond donors (Lipinski definition) is 2.